The zero-order valence-corrected chi connectivity index (χ0v) is 12.5. The van der Waals surface area contributed by atoms with E-state index < -0.39 is 15.7 Å². The van der Waals surface area contributed by atoms with Crippen LogP contribution in [-0.2, 0) is 10.2 Å². The van der Waals surface area contributed by atoms with Crippen molar-refractivity contribution in [2.24, 2.45) is 0 Å². The summed E-state index contributed by atoms with van der Waals surface area (Å²) in [6.07, 6.45) is 1.92. The molecule has 0 amide bonds. The van der Waals surface area contributed by atoms with Gasteiger partial charge in [0.15, 0.2) is 0 Å². The van der Waals surface area contributed by atoms with Crippen LogP contribution in [0.5, 0.6) is 0 Å². The third-order valence-corrected chi connectivity index (χ3v) is 6.06. The lowest BCUT2D eigenvalue weighted by Gasteiger charge is -2.40. The first-order valence-corrected chi connectivity index (χ1v) is 8.19. The van der Waals surface area contributed by atoms with E-state index in [2.05, 4.69) is 6.07 Å². The molecule has 2 aliphatic heterocycles. The van der Waals surface area contributed by atoms with E-state index in [4.69, 9.17) is 5.26 Å². The maximum Gasteiger partial charge on any atom is 0.282 e. The first-order valence-electron chi connectivity index (χ1n) is 6.79. The summed E-state index contributed by atoms with van der Waals surface area (Å²) in [6.45, 7) is 7.23. The highest BCUT2D eigenvalue weighted by Crippen LogP contribution is 2.21. The number of hydrogen-bond donors (Lipinski definition) is 0. The van der Waals surface area contributed by atoms with Crippen molar-refractivity contribution in [3.05, 3.63) is 0 Å². The van der Waals surface area contributed by atoms with Gasteiger partial charge in [0.05, 0.1) is 6.07 Å². The van der Waals surface area contributed by atoms with Crippen molar-refractivity contribution in [2.45, 2.75) is 32.2 Å². The molecule has 0 radical (unpaired) electrons. The van der Waals surface area contributed by atoms with Crippen molar-refractivity contribution >= 4 is 10.2 Å². The van der Waals surface area contributed by atoms with Gasteiger partial charge in [0, 0.05) is 39.3 Å². The molecule has 0 aromatic carbocycles. The summed E-state index contributed by atoms with van der Waals surface area (Å²) in [5.74, 6) is 0. The monoisotopic (exact) mass is 286 g/mol. The van der Waals surface area contributed by atoms with Gasteiger partial charge in [-0.1, -0.05) is 0 Å². The van der Waals surface area contributed by atoms with E-state index in [1.165, 1.54) is 0 Å². The Bertz CT molecular complexity index is 455. The highest BCUT2D eigenvalue weighted by molar-refractivity contribution is 7.86. The summed E-state index contributed by atoms with van der Waals surface area (Å²) in [5.41, 5.74) is -0.524. The van der Waals surface area contributed by atoms with E-state index in [-0.39, 0.29) is 0 Å². The zero-order valence-electron chi connectivity index (χ0n) is 11.7. The molecule has 0 saturated carbocycles. The van der Waals surface area contributed by atoms with Gasteiger partial charge in [0.25, 0.3) is 10.2 Å². The van der Waals surface area contributed by atoms with Crippen molar-refractivity contribution in [2.75, 3.05) is 39.3 Å². The number of nitriles is 1. The Morgan fingerprint density at radius 3 is 1.89 bits per heavy atom. The Morgan fingerprint density at radius 1 is 0.947 bits per heavy atom. The largest absolute Gasteiger partial charge is 0.283 e. The van der Waals surface area contributed by atoms with E-state index in [1.54, 1.807) is 8.61 Å². The van der Waals surface area contributed by atoms with Crippen LogP contribution in [-0.4, -0.2) is 66.7 Å². The fourth-order valence-corrected chi connectivity index (χ4v) is 4.30. The van der Waals surface area contributed by atoms with Gasteiger partial charge in [0.2, 0.25) is 0 Å². The SMILES string of the molecule is CC(C)(C#N)N1CCN(S(=O)(=O)N2CCCC2)CC1. The topological polar surface area (TPSA) is 67.6 Å². The molecule has 0 aliphatic carbocycles. The molecule has 2 fully saturated rings. The van der Waals surface area contributed by atoms with Crippen molar-refractivity contribution in [3.63, 3.8) is 0 Å². The van der Waals surface area contributed by atoms with Gasteiger partial charge in [-0.25, -0.2) is 0 Å². The summed E-state index contributed by atoms with van der Waals surface area (Å²) < 4.78 is 27.9. The molecular formula is C12H22N4O2S. The summed E-state index contributed by atoms with van der Waals surface area (Å²) in [4.78, 5) is 2.04. The number of hydrogen-bond acceptors (Lipinski definition) is 4. The van der Waals surface area contributed by atoms with E-state index in [0.29, 0.717) is 39.3 Å². The molecule has 0 aromatic heterocycles. The van der Waals surface area contributed by atoms with Crippen LogP contribution in [0.25, 0.3) is 0 Å². The minimum Gasteiger partial charge on any atom is -0.283 e. The third kappa shape index (κ3) is 2.92. The van der Waals surface area contributed by atoms with Crippen LogP contribution in [0.1, 0.15) is 26.7 Å². The smallest absolute Gasteiger partial charge is 0.282 e. The molecule has 0 spiro atoms. The Morgan fingerprint density at radius 2 is 1.42 bits per heavy atom. The van der Waals surface area contributed by atoms with E-state index in [0.717, 1.165) is 12.8 Å². The van der Waals surface area contributed by atoms with Crippen LogP contribution in [0.4, 0.5) is 0 Å². The van der Waals surface area contributed by atoms with Crippen LogP contribution in [0, 0.1) is 11.3 Å². The molecule has 0 unspecified atom stereocenters. The predicted octanol–water partition coefficient (Wildman–Crippen LogP) is 0.247. The maximum atomic E-state index is 12.4. The Kier molecular flexibility index (Phi) is 4.16. The molecule has 0 atom stereocenters. The molecular weight excluding hydrogens is 264 g/mol. The van der Waals surface area contributed by atoms with Crippen LogP contribution < -0.4 is 0 Å². The summed E-state index contributed by atoms with van der Waals surface area (Å²) in [6, 6.07) is 2.27. The average Bonchev–Trinajstić information content (AvgIpc) is 2.93. The Balaban J connectivity index is 1.98. The first kappa shape index (κ1) is 14.7. The molecule has 6 nitrogen and oxygen atoms in total. The van der Waals surface area contributed by atoms with E-state index in [1.807, 2.05) is 18.7 Å². The van der Waals surface area contributed by atoms with Gasteiger partial charge < -0.3 is 0 Å². The lowest BCUT2D eigenvalue weighted by molar-refractivity contribution is 0.113. The Labute approximate surface area is 115 Å². The molecule has 19 heavy (non-hydrogen) atoms. The van der Waals surface area contributed by atoms with Crippen LogP contribution in [0.15, 0.2) is 0 Å². The molecule has 0 bridgehead atoms. The van der Waals surface area contributed by atoms with Gasteiger partial charge in [-0.2, -0.15) is 22.3 Å². The van der Waals surface area contributed by atoms with Crippen LogP contribution in [0.3, 0.4) is 0 Å². The Hall–Kier alpha value is -0.680. The highest BCUT2D eigenvalue weighted by atomic mass is 32.2. The second-order valence-electron chi connectivity index (χ2n) is 5.67. The average molecular weight is 286 g/mol. The predicted molar refractivity (Wildman–Crippen MR) is 72.6 cm³/mol. The van der Waals surface area contributed by atoms with Gasteiger partial charge >= 0.3 is 0 Å². The quantitative estimate of drug-likeness (QED) is 0.746. The van der Waals surface area contributed by atoms with Crippen LogP contribution in [0.2, 0.25) is 0 Å². The van der Waals surface area contributed by atoms with E-state index in [9.17, 15) is 8.42 Å². The fraction of sp³-hybridized carbons (Fsp3) is 0.917. The molecule has 0 aromatic rings. The van der Waals surface area contributed by atoms with Gasteiger partial charge in [-0.05, 0) is 26.7 Å². The summed E-state index contributed by atoms with van der Waals surface area (Å²) >= 11 is 0. The first-order chi connectivity index (χ1) is 8.88. The minimum absolute atomic E-state index is 0.476. The fourth-order valence-electron chi connectivity index (χ4n) is 2.63. The zero-order chi connectivity index (χ0) is 14.1. The maximum absolute atomic E-state index is 12.4. The second kappa shape index (κ2) is 5.37. The number of nitrogens with zero attached hydrogens (tertiary/aromatic N) is 4. The molecule has 108 valence electrons. The second-order valence-corrected chi connectivity index (χ2v) is 7.60. The summed E-state index contributed by atoms with van der Waals surface area (Å²) in [7, 11) is -3.28. The van der Waals surface area contributed by atoms with Crippen LogP contribution >= 0.6 is 0 Å². The van der Waals surface area contributed by atoms with E-state index >= 15 is 0 Å². The van der Waals surface area contributed by atoms with Crippen molar-refractivity contribution < 1.29 is 8.42 Å². The lowest BCUT2D eigenvalue weighted by Crippen LogP contribution is -2.57. The molecule has 0 N–H and O–H groups in total. The lowest BCUT2D eigenvalue weighted by atomic mass is 10.0. The number of rotatable bonds is 3. The normalized spacial score (nSPS) is 24.5. The van der Waals surface area contributed by atoms with Crippen molar-refractivity contribution in [3.8, 4) is 6.07 Å². The van der Waals surface area contributed by atoms with Gasteiger partial charge in [-0.15, -0.1) is 0 Å². The molecule has 2 saturated heterocycles. The molecule has 2 rings (SSSR count). The number of piperazine rings is 1. The standard InChI is InChI=1S/C12H22N4O2S/c1-12(2,11-13)14-7-9-16(10-8-14)19(17,18)15-5-3-4-6-15/h3-10H2,1-2H3. The van der Waals surface area contributed by atoms with Gasteiger partial charge in [-0.3, -0.25) is 4.90 Å². The summed E-state index contributed by atoms with van der Waals surface area (Å²) in [5, 5.41) is 9.11. The molecule has 2 aliphatic rings. The van der Waals surface area contributed by atoms with Crippen molar-refractivity contribution in [1.29, 1.82) is 5.26 Å². The molecule has 7 heteroatoms. The third-order valence-electron chi connectivity index (χ3n) is 4.02. The minimum atomic E-state index is -3.28. The van der Waals surface area contributed by atoms with Gasteiger partial charge in [0.1, 0.15) is 5.54 Å². The van der Waals surface area contributed by atoms with Crippen molar-refractivity contribution in [1.82, 2.24) is 13.5 Å². The highest BCUT2D eigenvalue weighted by Gasteiger charge is 2.36. The molecule has 2 heterocycles.